The van der Waals surface area contributed by atoms with E-state index in [1.54, 1.807) is 11.9 Å². The smallest absolute Gasteiger partial charge is 0.266 e. The summed E-state index contributed by atoms with van der Waals surface area (Å²) in [5.74, 6) is 0.0339. The summed E-state index contributed by atoms with van der Waals surface area (Å²) >= 11 is 0. The zero-order chi connectivity index (χ0) is 11.7. The van der Waals surface area contributed by atoms with Crippen LogP contribution < -0.4 is 5.56 Å². The highest BCUT2D eigenvalue weighted by atomic mass is 16.5. The number of hydrogen-bond acceptors (Lipinski definition) is 3. The Hall–Kier alpha value is -1.56. The van der Waals surface area contributed by atoms with Crippen LogP contribution in [0.2, 0.25) is 0 Å². The Balaban J connectivity index is 2.15. The van der Waals surface area contributed by atoms with E-state index in [1.165, 1.54) is 17.7 Å². The van der Waals surface area contributed by atoms with Crippen LogP contribution in [0.3, 0.4) is 0 Å². The quantitative estimate of drug-likeness (QED) is 0.709. The molecule has 0 aromatic carbocycles. The molecule has 1 aromatic rings. The summed E-state index contributed by atoms with van der Waals surface area (Å²) in [5, 5.41) is 2.91. The average Bonchev–Trinajstić information content (AvgIpc) is 2.59. The minimum absolute atomic E-state index is 0.0339. The molecule has 2 rings (SSSR count). The number of amides is 1. The molecule has 1 saturated heterocycles. The third-order valence-corrected chi connectivity index (χ3v) is 2.77. The van der Waals surface area contributed by atoms with Crippen molar-refractivity contribution in [3.63, 3.8) is 0 Å². The predicted octanol–water partition coefficient (Wildman–Crippen LogP) is -0.367. The molecule has 1 aliphatic rings. The van der Waals surface area contributed by atoms with Crippen molar-refractivity contribution < 1.29 is 9.53 Å². The summed E-state index contributed by atoms with van der Waals surface area (Å²) in [5.41, 5.74) is 0.622. The number of nitrogens with one attached hydrogen (secondary N) is 1. The molecule has 88 valence electrons. The van der Waals surface area contributed by atoms with Crippen molar-refractivity contribution in [2.75, 3.05) is 19.7 Å². The van der Waals surface area contributed by atoms with Gasteiger partial charge in [-0.1, -0.05) is 0 Å². The Kier molecular flexibility index (Phi) is 2.82. The molecule has 6 heteroatoms. The molecule has 1 amide bonds. The summed E-state index contributed by atoms with van der Waals surface area (Å²) in [7, 11) is 1.65. The minimum Gasteiger partial charge on any atom is -0.368 e. The van der Waals surface area contributed by atoms with Crippen LogP contribution in [-0.2, 0) is 16.6 Å². The molecule has 16 heavy (non-hydrogen) atoms. The van der Waals surface area contributed by atoms with Crippen molar-refractivity contribution in [2.24, 2.45) is 7.05 Å². The maximum atomic E-state index is 11.3. The number of hydrogen-bond donors (Lipinski definition) is 1. The van der Waals surface area contributed by atoms with Crippen LogP contribution in [0.25, 0.3) is 0 Å². The van der Waals surface area contributed by atoms with Crippen LogP contribution in [-0.4, -0.2) is 40.3 Å². The van der Waals surface area contributed by atoms with Gasteiger partial charge < -0.3 is 9.64 Å². The molecule has 0 radical (unpaired) electrons. The van der Waals surface area contributed by atoms with Crippen LogP contribution in [0.5, 0.6) is 0 Å². The van der Waals surface area contributed by atoms with Crippen LogP contribution in [0.1, 0.15) is 18.7 Å². The van der Waals surface area contributed by atoms with Gasteiger partial charge in [0.05, 0.1) is 18.8 Å². The van der Waals surface area contributed by atoms with Gasteiger partial charge in [-0.25, -0.2) is 0 Å². The van der Waals surface area contributed by atoms with Gasteiger partial charge in [0.1, 0.15) is 6.10 Å². The van der Waals surface area contributed by atoms with E-state index in [1.807, 2.05) is 0 Å². The number of carbonyl (C=O) groups is 1. The van der Waals surface area contributed by atoms with Gasteiger partial charge in [-0.05, 0) is 0 Å². The zero-order valence-electron chi connectivity index (χ0n) is 9.40. The maximum absolute atomic E-state index is 11.3. The molecular formula is C10H15N3O3. The van der Waals surface area contributed by atoms with Crippen molar-refractivity contribution in [3.8, 4) is 0 Å². The number of carbonyl (C=O) groups excluding carboxylic acids is 1. The van der Waals surface area contributed by atoms with Crippen molar-refractivity contribution in [2.45, 2.75) is 13.0 Å². The number of H-pyrrole nitrogens is 1. The Morgan fingerprint density at radius 1 is 1.62 bits per heavy atom. The summed E-state index contributed by atoms with van der Waals surface area (Å²) < 4.78 is 6.93. The number of aromatic nitrogens is 2. The van der Waals surface area contributed by atoms with Gasteiger partial charge in [0, 0.05) is 26.6 Å². The van der Waals surface area contributed by atoms with Gasteiger partial charge in [-0.2, -0.15) is 0 Å². The summed E-state index contributed by atoms with van der Waals surface area (Å²) in [6, 6.07) is 1.51. The van der Waals surface area contributed by atoms with Crippen LogP contribution in [0.4, 0.5) is 0 Å². The minimum atomic E-state index is -0.230. The number of ether oxygens (including phenoxy) is 1. The molecule has 1 N–H and O–H groups in total. The van der Waals surface area contributed by atoms with Crippen LogP contribution >= 0.6 is 0 Å². The molecule has 1 fully saturated rings. The van der Waals surface area contributed by atoms with Crippen molar-refractivity contribution >= 4 is 5.91 Å². The first-order chi connectivity index (χ1) is 7.58. The van der Waals surface area contributed by atoms with Crippen molar-refractivity contribution in [3.05, 3.63) is 22.1 Å². The number of aromatic amines is 1. The molecule has 6 nitrogen and oxygen atoms in total. The first-order valence-electron chi connectivity index (χ1n) is 5.21. The molecule has 1 aliphatic heterocycles. The number of rotatable bonds is 1. The summed E-state index contributed by atoms with van der Waals surface area (Å²) in [6.45, 7) is 3.15. The summed E-state index contributed by atoms with van der Waals surface area (Å²) in [4.78, 5) is 24.3. The van der Waals surface area contributed by atoms with E-state index < -0.39 is 0 Å². The molecule has 1 aromatic heterocycles. The maximum Gasteiger partial charge on any atom is 0.266 e. The SMILES string of the molecule is CC(=O)N1CCOC(c2cc(=O)n(C)[nH]2)C1. The Labute approximate surface area is 92.8 Å². The van der Waals surface area contributed by atoms with E-state index in [-0.39, 0.29) is 17.6 Å². The first kappa shape index (κ1) is 10.9. The summed E-state index contributed by atoms with van der Waals surface area (Å²) in [6.07, 6.45) is -0.230. The normalized spacial score (nSPS) is 21.1. The number of morpholine rings is 1. The van der Waals surface area contributed by atoms with Crippen molar-refractivity contribution in [1.82, 2.24) is 14.7 Å². The fourth-order valence-electron chi connectivity index (χ4n) is 1.80. The second-order valence-electron chi connectivity index (χ2n) is 3.93. The predicted molar refractivity (Wildman–Crippen MR) is 57.0 cm³/mol. The van der Waals surface area contributed by atoms with E-state index in [9.17, 15) is 9.59 Å². The molecule has 2 heterocycles. The van der Waals surface area contributed by atoms with E-state index in [4.69, 9.17) is 4.74 Å². The highest BCUT2D eigenvalue weighted by molar-refractivity contribution is 5.73. The van der Waals surface area contributed by atoms with Gasteiger partial charge in [0.2, 0.25) is 5.91 Å². The first-order valence-corrected chi connectivity index (χ1v) is 5.21. The molecule has 0 bridgehead atoms. The fraction of sp³-hybridized carbons (Fsp3) is 0.600. The lowest BCUT2D eigenvalue weighted by atomic mass is 10.2. The average molecular weight is 225 g/mol. The lowest BCUT2D eigenvalue weighted by Crippen LogP contribution is -2.41. The third-order valence-electron chi connectivity index (χ3n) is 2.77. The van der Waals surface area contributed by atoms with Gasteiger partial charge in [-0.3, -0.25) is 19.4 Å². The highest BCUT2D eigenvalue weighted by Gasteiger charge is 2.24. The molecule has 0 saturated carbocycles. The molecule has 1 atom stereocenters. The number of nitrogens with zero attached hydrogens (tertiary/aromatic N) is 2. The highest BCUT2D eigenvalue weighted by Crippen LogP contribution is 2.19. The Morgan fingerprint density at radius 3 is 2.94 bits per heavy atom. The van der Waals surface area contributed by atoms with E-state index >= 15 is 0 Å². The molecule has 1 unspecified atom stereocenters. The van der Waals surface area contributed by atoms with Gasteiger partial charge >= 0.3 is 0 Å². The number of aryl methyl sites for hydroxylation is 1. The standard InChI is InChI=1S/C10H15N3O3/c1-7(14)13-3-4-16-9(6-13)8-5-10(15)12(2)11-8/h5,9,11H,3-4,6H2,1-2H3. The molecule has 0 aliphatic carbocycles. The van der Waals surface area contributed by atoms with Gasteiger partial charge in [0.25, 0.3) is 5.56 Å². The largest absolute Gasteiger partial charge is 0.368 e. The van der Waals surface area contributed by atoms with E-state index in [2.05, 4.69) is 5.10 Å². The Bertz CT molecular complexity index is 448. The second-order valence-corrected chi connectivity index (χ2v) is 3.93. The van der Waals surface area contributed by atoms with Crippen LogP contribution in [0, 0.1) is 0 Å². The third kappa shape index (κ3) is 2.01. The molecule has 0 spiro atoms. The van der Waals surface area contributed by atoms with E-state index in [0.717, 1.165) is 5.69 Å². The lowest BCUT2D eigenvalue weighted by molar-refractivity contribution is -0.136. The lowest BCUT2D eigenvalue weighted by Gasteiger charge is -2.31. The van der Waals surface area contributed by atoms with Gasteiger partial charge in [-0.15, -0.1) is 0 Å². The Morgan fingerprint density at radius 2 is 2.38 bits per heavy atom. The fourth-order valence-corrected chi connectivity index (χ4v) is 1.80. The van der Waals surface area contributed by atoms with E-state index in [0.29, 0.717) is 19.7 Å². The van der Waals surface area contributed by atoms with Crippen LogP contribution in [0.15, 0.2) is 10.9 Å². The topological polar surface area (TPSA) is 67.3 Å². The zero-order valence-corrected chi connectivity index (χ0v) is 9.40. The van der Waals surface area contributed by atoms with Crippen molar-refractivity contribution in [1.29, 1.82) is 0 Å². The molecular weight excluding hydrogens is 210 g/mol. The van der Waals surface area contributed by atoms with Gasteiger partial charge in [0.15, 0.2) is 0 Å². The monoisotopic (exact) mass is 225 g/mol. The second kappa shape index (κ2) is 4.13.